The van der Waals surface area contributed by atoms with E-state index in [1.54, 1.807) is 4.90 Å². The van der Waals surface area contributed by atoms with Gasteiger partial charge in [0, 0.05) is 13.1 Å². The number of hydrogen-bond acceptors (Lipinski definition) is 3. The lowest BCUT2D eigenvalue weighted by Gasteiger charge is -2.24. The van der Waals surface area contributed by atoms with Gasteiger partial charge in [-0.25, -0.2) is 4.79 Å². The standard InChI is InChI=1S/C20H22N2O3/c23-19(22-13-7-8-14-22)18(17-11-5-2-6-12-17)21-20(24)25-15-16-9-3-1-4-10-16/h1-6,9-12,18H,7-8,13-15H2,(H,21,24). The quantitative estimate of drug-likeness (QED) is 0.910. The molecule has 0 saturated carbocycles. The maximum atomic E-state index is 12.8. The van der Waals surface area contributed by atoms with E-state index < -0.39 is 12.1 Å². The zero-order valence-electron chi connectivity index (χ0n) is 14.1. The average molecular weight is 338 g/mol. The molecule has 0 aromatic heterocycles. The molecule has 5 heteroatoms. The Morgan fingerprint density at radius 2 is 1.56 bits per heavy atom. The van der Waals surface area contributed by atoms with Crippen LogP contribution in [0.25, 0.3) is 0 Å². The Kier molecular flexibility index (Phi) is 5.67. The monoisotopic (exact) mass is 338 g/mol. The molecule has 1 saturated heterocycles. The van der Waals surface area contributed by atoms with Gasteiger partial charge in [0.05, 0.1) is 0 Å². The molecule has 0 spiro atoms. The fourth-order valence-corrected chi connectivity index (χ4v) is 2.94. The predicted octanol–water partition coefficient (Wildman–Crippen LogP) is 3.28. The molecule has 0 radical (unpaired) electrons. The summed E-state index contributed by atoms with van der Waals surface area (Å²) in [7, 11) is 0. The third-order valence-electron chi connectivity index (χ3n) is 4.27. The lowest BCUT2D eigenvalue weighted by atomic mass is 10.1. The number of carbonyl (C=O) groups is 2. The number of rotatable bonds is 5. The summed E-state index contributed by atoms with van der Waals surface area (Å²) in [6.45, 7) is 1.65. The fourth-order valence-electron chi connectivity index (χ4n) is 2.94. The maximum Gasteiger partial charge on any atom is 0.408 e. The highest BCUT2D eigenvalue weighted by Crippen LogP contribution is 2.19. The normalized spacial score (nSPS) is 14.8. The Labute approximate surface area is 147 Å². The Bertz CT molecular complexity index is 697. The third kappa shape index (κ3) is 4.59. The van der Waals surface area contributed by atoms with Gasteiger partial charge in [0.1, 0.15) is 12.6 Å². The summed E-state index contributed by atoms with van der Waals surface area (Å²) < 4.78 is 5.27. The highest BCUT2D eigenvalue weighted by atomic mass is 16.5. The second kappa shape index (κ2) is 8.33. The number of carbonyl (C=O) groups excluding carboxylic acids is 2. The van der Waals surface area contributed by atoms with Crippen LogP contribution in [-0.4, -0.2) is 30.0 Å². The smallest absolute Gasteiger partial charge is 0.408 e. The fraction of sp³-hybridized carbons (Fsp3) is 0.300. The van der Waals surface area contributed by atoms with Gasteiger partial charge in [0.2, 0.25) is 5.91 Å². The molecule has 1 unspecified atom stereocenters. The Morgan fingerprint density at radius 1 is 0.960 bits per heavy atom. The van der Waals surface area contributed by atoms with E-state index in [9.17, 15) is 9.59 Å². The summed E-state index contributed by atoms with van der Waals surface area (Å²) in [5, 5.41) is 2.73. The van der Waals surface area contributed by atoms with Gasteiger partial charge in [-0.05, 0) is 24.0 Å². The number of nitrogens with zero attached hydrogens (tertiary/aromatic N) is 1. The number of alkyl carbamates (subject to hydrolysis) is 1. The lowest BCUT2D eigenvalue weighted by molar-refractivity contribution is -0.132. The van der Waals surface area contributed by atoms with Crippen LogP contribution in [0.5, 0.6) is 0 Å². The van der Waals surface area contributed by atoms with Crippen LogP contribution in [0.2, 0.25) is 0 Å². The van der Waals surface area contributed by atoms with Gasteiger partial charge in [-0.15, -0.1) is 0 Å². The van der Waals surface area contributed by atoms with Gasteiger partial charge in [-0.3, -0.25) is 4.79 Å². The molecule has 1 atom stereocenters. The Balaban J connectivity index is 1.66. The van der Waals surface area contributed by atoms with E-state index in [2.05, 4.69) is 5.32 Å². The van der Waals surface area contributed by atoms with Crippen molar-refractivity contribution in [2.24, 2.45) is 0 Å². The number of hydrogen-bond donors (Lipinski definition) is 1. The molecular weight excluding hydrogens is 316 g/mol. The molecule has 0 bridgehead atoms. The SMILES string of the molecule is O=C(NC(C(=O)N1CCCC1)c1ccccc1)OCc1ccccc1. The Hall–Kier alpha value is -2.82. The van der Waals surface area contributed by atoms with E-state index in [-0.39, 0.29) is 12.5 Å². The molecule has 1 fully saturated rings. The van der Waals surface area contributed by atoms with E-state index in [0.717, 1.165) is 37.1 Å². The zero-order chi connectivity index (χ0) is 17.5. The van der Waals surface area contributed by atoms with Crippen LogP contribution < -0.4 is 5.32 Å². The molecule has 1 N–H and O–H groups in total. The first-order chi connectivity index (χ1) is 12.2. The summed E-state index contributed by atoms with van der Waals surface area (Å²) in [4.78, 5) is 26.8. The minimum atomic E-state index is -0.720. The van der Waals surface area contributed by atoms with Crippen molar-refractivity contribution in [2.75, 3.05) is 13.1 Å². The van der Waals surface area contributed by atoms with Crippen molar-refractivity contribution >= 4 is 12.0 Å². The van der Waals surface area contributed by atoms with Crippen LogP contribution in [-0.2, 0) is 16.1 Å². The van der Waals surface area contributed by atoms with Crippen LogP contribution in [0, 0.1) is 0 Å². The predicted molar refractivity (Wildman–Crippen MR) is 94.8 cm³/mol. The molecule has 5 nitrogen and oxygen atoms in total. The number of nitrogens with one attached hydrogen (secondary N) is 1. The molecule has 2 aromatic carbocycles. The molecule has 1 heterocycles. The summed E-state index contributed by atoms with van der Waals surface area (Å²) in [5.41, 5.74) is 1.66. The van der Waals surface area contributed by atoms with Crippen molar-refractivity contribution in [1.82, 2.24) is 10.2 Å². The van der Waals surface area contributed by atoms with E-state index in [1.807, 2.05) is 60.7 Å². The van der Waals surface area contributed by atoms with E-state index in [1.165, 1.54) is 0 Å². The lowest BCUT2D eigenvalue weighted by Crippen LogP contribution is -2.42. The van der Waals surface area contributed by atoms with Crippen molar-refractivity contribution < 1.29 is 14.3 Å². The van der Waals surface area contributed by atoms with Crippen molar-refractivity contribution in [1.29, 1.82) is 0 Å². The van der Waals surface area contributed by atoms with Crippen LogP contribution in [0.1, 0.15) is 30.0 Å². The number of ether oxygens (including phenoxy) is 1. The van der Waals surface area contributed by atoms with E-state index in [4.69, 9.17) is 4.74 Å². The largest absolute Gasteiger partial charge is 0.445 e. The molecule has 1 aliphatic rings. The molecule has 3 rings (SSSR count). The number of benzene rings is 2. The third-order valence-corrected chi connectivity index (χ3v) is 4.27. The minimum absolute atomic E-state index is 0.0830. The molecule has 25 heavy (non-hydrogen) atoms. The second-order valence-electron chi connectivity index (χ2n) is 6.08. The summed E-state index contributed by atoms with van der Waals surface area (Å²) in [6, 6.07) is 18.0. The first-order valence-corrected chi connectivity index (χ1v) is 8.55. The van der Waals surface area contributed by atoms with Crippen molar-refractivity contribution in [3.8, 4) is 0 Å². The summed E-state index contributed by atoms with van der Waals surface area (Å²) >= 11 is 0. The van der Waals surface area contributed by atoms with Gasteiger partial charge in [0.15, 0.2) is 0 Å². The minimum Gasteiger partial charge on any atom is -0.445 e. The Morgan fingerprint density at radius 3 is 2.20 bits per heavy atom. The molecule has 1 aliphatic heterocycles. The first kappa shape index (κ1) is 17.0. The molecule has 2 amide bonds. The van der Waals surface area contributed by atoms with E-state index >= 15 is 0 Å². The first-order valence-electron chi connectivity index (χ1n) is 8.55. The topological polar surface area (TPSA) is 58.6 Å². The van der Waals surface area contributed by atoms with Crippen LogP contribution >= 0.6 is 0 Å². The highest BCUT2D eigenvalue weighted by Gasteiger charge is 2.29. The maximum absolute atomic E-state index is 12.8. The van der Waals surface area contributed by atoms with Crippen LogP contribution in [0.3, 0.4) is 0 Å². The zero-order valence-corrected chi connectivity index (χ0v) is 14.1. The van der Waals surface area contributed by atoms with Crippen molar-refractivity contribution in [3.05, 3.63) is 71.8 Å². The second-order valence-corrected chi connectivity index (χ2v) is 6.08. The van der Waals surface area contributed by atoms with Crippen LogP contribution in [0.15, 0.2) is 60.7 Å². The van der Waals surface area contributed by atoms with Crippen molar-refractivity contribution in [3.63, 3.8) is 0 Å². The molecular formula is C20H22N2O3. The van der Waals surface area contributed by atoms with Gasteiger partial charge in [-0.1, -0.05) is 60.7 Å². The number of amides is 2. The molecule has 2 aromatic rings. The molecule has 130 valence electrons. The number of likely N-dealkylation sites (tertiary alicyclic amines) is 1. The van der Waals surface area contributed by atoms with Crippen LogP contribution in [0.4, 0.5) is 4.79 Å². The summed E-state index contributed by atoms with van der Waals surface area (Å²) in [6.07, 6.45) is 1.42. The van der Waals surface area contributed by atoms with Gasteiger partial charge < -0.3 is 15.0 Å². The van der Waals surface area contributed by atoms with Crippen molar-refractivity contribution in [2.45, 2.75) is 25.5 Å². The average Bonchev–Trinajstić information content (AvgIpc) is 3.20. The highest BCUT2D eigenvalue weighted by molar-refractivity contribution is 5.87. The van der Waals surface area contributed by atoms with Gasteiger partial charge >= 0.3 is 6.09 Å². The van der Waals surface area contributed by atoms with Gasteiger partial charge in [-0.2, -0.15) is 0 Å². The molecule has 0 aliphatic carbocycles. The van der Waals surface area contributed by atoms with E-state index in [0.29, 0.717) is 0 Å². The summed E-state index contributed by atoms with van der Waals surface area (Å²) in [5.74, 6) is -0.0830. The van der Waals surface area contributed by atoms with Gasteiger partial charge in [0.25, 0.3) is 0 Å².